The number of rotatable bonds is 3. The van der Waals surface area contributed by atoms with E-state index in [-0.39, 0.29) is 11.7 Å². The second-order valence-corrected chi connectivity index (χ2v) is 6.95. The van der Waals surface area contributed by atoms with Crippen LogP contribution in [0.25, 0.3) is 0 Å². The van der Waals surface area contributed by atoms with Crippen molar-refractivity contribution in [3.8, 4) is 0 Å². The van der Waals surface area contributed by atoms with Crippen LogP contribution in [0.4, 0.5) is 5.69 Å². The number of amides is 1. The largest absolute Gasteiger partial charge is 0.322 e. The fourth-order valence-electron chi connectivity index (χ4n) is 2.88. The summed E-state index contributed by atoms with van der Waals surface area (Å²) < 4.78 is 0. The molecule has 114 valence electrons. The molecule has 1 N–H and O–H groups in total. The first kappa shape index (κ1) is 15.0. The Bertz CT molecular complexity index is 732. The van der Waals surface area contributed by atoms with Crippen molar-refractivity contribution in [1.29, 1.82) is 0 Å². The van der Waals surface area contributed by atoms with E-state index >= 15 is 0 Å². The highest BCUT2D eigenvalue weighted by atomic mass is 32.1. The van der Waals surface area contributed by atoms with Crippen LogP contribution in [0.5, 0.6) is 0 Å². The molecule has 0 radical (unpaired) electrons. The number of carbonyl (C=O) groups excluding carboxylic acids is 2. The first-order chi connectivity index (χ1) is 10.5. The fourth-order valence-corrected chi connectivity index (χ4v) is 4.13. The highest BCUT2D eigenvalue weighted by Gasteiger charge is 2.23. The Balaban J connectivity index is 1.81. The number of ketones is 1. The highest BCUT2D eigenvalue weighted by Crippen LogP contribution is 2.33. The van der Waals surface area contributed by atoms with E-state index in [1.165, 1.54) is 17.4 Å². The molecule has 0 bridgehead atoms. The number of carbonyl (C=O) groups is 2. The molecule has 3 rings (SSSR count). The predicted octanol–water partition coefficient (Wildman–Crippen LogP) is 4.33. The average molecular weight is 313 g/mol. The topological polar surface area (TPSA) is 46.2 Å². The van der Waals surface area contributed by atoms with Gasteiger partial charge in [0.25, 0.3) is 5.91 Å². The third-order valence-electron chi connectivity index (χ3n) is 4.17. The molecule has 0 saturated heterocycles. The molecule has 0 aliphatic heterocycles. The van der Waals surface area contributed by atoms with Crippen molar-refractivity contribution >= 4 is 28.7 Å². The molecule has 1 aliphatic rings. The Hall–Kier alpha value is -1.94. The molecule has 0 fully saturated rings. The maximum atomic E-state index is 12.5. The third-order valence-corrected chi connectivity index (χ3v) is 5.22. The number of fused-ring (bicyclic) bond motifs is 1. The standard InChI is InChI=1S/C18H19NO2S/c1-11-6-7-15-16(10-22-17(15)8-11)18(21)19-14-5-3-4-13(9-14)12(2)20/h3-5,9-11H,6-8H2,1-2H3,(H,19,21). The maximum Gasteiger partial charge on any atom is 0.256 e. The Kier molecular flexibility index (Phi) is 4.12. The molecule has 4 heteroatoms. The van der Waals surface area contributed by atoms with Crippen LogP contribution in [0.3, 0.4) is 0 Å². The molecule has 1 heterocycles. The molecule has 1 aliphatic carbocycles. The Morgan fingerprint density at radius 2 is 2.14 bits per heavy atom. The second kappa shape index (κ2) is 6.05. The average Bonchev–Trinajstić information content (AvgIpc) is 2.90. The summed E-state index contributed by atoms with van der Waals surface area (Å²) in [6.45, 7) is 3.78. The van der Waals surface area contributed by atoms with Gasteiger partial charge in [-0.15, -0.1) is 11.3 Å². The number of benzene rings is 1. The first-order valence-corrected chi connectivity index (χ1v) is 8.44. The molecule has 0 spiro atoms. The van der Waals surface area contributed by atoms with Crippen LogP contribution < -0.4 is 5.32 Å². The maximum absolute atomic E-state index is 12.5. The zero-order valence-electron chi connectivity index (χ0n) is 12.8. The molecule has 1 aromatic heterocycles. The molecule has 1 aromatic carbocycles. The Morgan fingerprint density at radius 1 is 1.32 bits per heavy atom. The van der Waals surface area contributed by atoms with Crippen molar-refractivity contribution < 1.29 is 9.59 Å². The molecule has 22 heavy (non-hydrogen) atoms. The van der Waals surface area contributed by atoms with Crippen molar-refractivity contribution in [3.05, 3.63) is 51.2 Å². The molecule has 1 amide bonds. The van der Waals surface area contributed by atoms with E-state index in [0.717, 1.165) is 24.8 Å². The fraction of sp³-hybridized carbons (Fsp3) is 0.333. The van der Waals surface area contributed by atoms with Gasteiger partial charge in [0.2, 0.25) is 0 Å². The molecule has 3 nitrogen and oxygen atoms in total. The lowest BCUT2D eigenvalue weighted by Crippen LogP contribution is -2.16. The highest BCUT2D eigenvalue weighted by molar-refractivity contribution is 7.10. The normalized spacial score (nSPS) is 16.9. The van der Waals surface area contributed by atoms with Crippen LogP contribution in [0, 0.1) is 5.92 Å². The molecule has 1 atom stereocenters. The zero-order valence-corrected chi connectivity index (χ0v) is 13.6. The number of nitrogens with one attached hydrogen (secondary N) is 1. The monoisotopic (exact) mass is 313 g/mol. The van der Waals surface area contributed by atoms with E-state index in [1.807, 2.05) is 11.4 Å². The first-order valence-electron chi connectivity index (χ1n) is 7.56. The second-order valence-electron chi connectivity index (χ2n) is 5.99. The van der Waals surface area contributed by atoms with Crippen LogP contribution in [-0.2, 0) is 12.8 Å². The summed E-state index contributed by atoms with van der Waals surface area (Å²) in [5.74, 6) is 0.625. The van der Waals surface area contributed by atoms with Gasteiger partial charge in [0, 0.05) is 21.5 Å². The molecule has 0 saturated carbocycles. The van der Waals surface area contributed by atoms with Crippen molar-refractivity contribution in [2.45, 2.75) is 33.1 Å². The van der Waals surface area contributed by atoms with Gasteiger partial charge >= 0.3 is 0 Å². The number of hydrogen-bond acceptors (Lipinski definition) is 3. The molecular weight excluding hydrogens is 294 g/mol. The lowest BCUT2D eigenvalue weighted by Gasteiger charge is -2.18. The molecule has 2 aromatic rings. The third kappa shape index (κ3) is 2.97. The summed E-state index contributed by atoms with van der Waals surface area (Å²) >= 11 is 1.69. The van der Waals surface area contributed by atoms with Gasteiger partial charge in [-0.2, -0.15) is 0 Å². The van der Waals surface area contributed by atoms with Crippen molar-refractivity contribution in [2.75, 3.05) is 5.32 Å². The van der Waals surface area contributed by atoms with E-state index in [9.17, 15) is 9.59 Å². The van der Waals surface area contributed by atoms with Crippen molar-refractivity contribution in [2.24, 2.45) is 5.92 Å². The lowest BCUT2D eigenvalue weighted by atomic mass is 9.88. The number of thiophene rings is 1. The van der Waals surface area contributed by atoms with Gasteiger partial charge in [0.15, 0.2) is 5.78 Å². The summed E-state index contributed by atoms with van der Waals surface area (Å²) in [6.07, 6.45) is 3.20. The Labute approximate surface area is 134 Å². The van der Waals surface area contributed by atoms with E-state index in [4.69, 9.17) is 0 Å². The minimum atomic E-state index is -0.0762. The van der Waals surface area contributed by atoms with Gasteiger partial charge in [0.05, 0.1) is 5.56 Å². The van der Waals surface area contributed by atoms with E-state index < -0.39 is 0 Å². The summed E-state index contributed by atoms with van der Waals surface area (Å²) in [6, 6.07) is 7.08. The van der Waals surface area contributed by atoms with Crippen molar-refractivity contribution in [3.63, 3.8) is 0 Å². The quantitative estimate of drug-likeness (QED) is 0.857. The van der Waals surface area contributed by atoms with Crippen LogP contribution in [0.2, 0.25) is 0 Å². The van der Waals surface area contributed by atoms with Crippen LogP contribution in [-0.4, -0.2) is 11.7 Å². The summed E-state index contributed by atoms with van der Waals surface area (Å²) in [5.41, 5.74) is 3.28. The van der Waals surface area contributed by atoms with Crippen molar-refractivity contribution in [1.82, 2.24) is 0 Å². The van der Waals surface area contributed by atoms with E-state index in [1.54, 1.807) is 29.5 Å². The smallest absolute Gasteiger partial charge is 0.256 e. The van der Waals surface area contributed by atoms with Gasteiger partial charge in [-0.3, -0.25) is 9.59 Å². The minimum Gasteiger partial charge on any atom is -0.322 e. The Morgan fingerprint density at radius 3 is 2.91 bits per heavy atom. The molecular formula is C18H19NO2S. The minimum absolute atomic E-state index is 0.00185. The number of hydrogen-bond donors (Lipinski definition) is 1. The van der Waals surface area contributed by atoms with Gasteiger partial charge in [0.1, 0.15) is 0 Å². The number of anilines is 1. The summed E-state index contributed by atoms with van der Waals surface area (Å²) in [5, 5.41) is 4.88. The zero-order chi connectivity index (χ0) is 15.7. The lowest BCUT2D eigenvalue weighted by molar-refractivity contribution is 0.101. The van der Waals surface area contributed by atoms with Gasteiger partial charge < -0.3 is 5.32 Å². The van der Waals surface area contributed by atoms with Gasteiger partial charge in [-0.1, -0.05) is 19.1 Å². The van der Waals surface area contributed by atoms with E-state index in [2.05, 4.69) is 12.2 Å². The molecule has 1 unspecified atom stereocenters. The van der Waals surface area contributed by atoms with Crippen LogP contribution in [0.15, 0.2) is 29.6 Å². The predicted molar refractivity (Wildman–Crippen MR) is 89.9 cm³/mol. The summed E-state index contributed by atoms with van der Waals surface area (Å²) in [7, 11) is 0. The van der Waals surface area contributed by atoms with Gasteiger partial charge in [-0.25, -0.2) is 0 Å². The van der Waals surface area contributed by atoms with E-state index in [0.29, 0.717) is 17.2 Å². The summed E-state index contributed by atoms with van der Waals surface area (Å²) in [4.78, 5) is 25.3. The van der Waals surface area contributed by atoms with Gasteiger partial charge in [-0.05, 0) is 49.8 Å². The number of Topliss-reactive ketones (excluding diaryl/α,β-unsaturated/α-hetero) is 1. The van der Waals surface area contributed by atoms with Crippen LogP contribution >= 0.6 is 11.3 Å². The van der Waals surface area contributed by atoms with Crippen LogP contribution in [0.1, 0.15) is 51.4 Å². The SMILES string of the molecule is CC(=O)c1cccc(NC(=O)c2csc3c2CCC(C)C3)c1.